The molecule has 4 rings (SSSR count). The normalized spacial score (nSPS) is 16.1. The summed E-state index contributed by atoms with van der Waals surface area (Å²) in [6.45, 7) is 10.1. The first-order chi connectivity index (χ1) is 12.4. The summed E-state index contributed by atoms with van der Waals surface area (Å²) in [7, 11) is 0. The van der Waals surface area contributed by atoms with Crippen LogP contribution < -0.4 is 0 Å². The topological polar surface area (TPSA) is 43.1 Å². The molecule has 0 saturated carbocycles. The molecule has 0 spiro atoms. The molecule has 0 amide bonds. The lowest BCUT2D eigenvalue weighted by Crippen LogP contribution is -2.08. The molecule has 6 heteroatoms. The number of aliphatic imine (C=N–C) groups is 1. The molecule has 0 fully saturated rings. The minimum Gasteiger partial charge on any atom is -0.273 e. The minimum absolute atomic E-state index is 0.153. The van der Waals surface area contributed by atoms with Crippen LogP contribution in [0.1, 0.15) is 58.7 Å². The van der Waals surface area contributed by atoms with Gasteiger partial charge in [0.2, 0.25) is 0 Å². The van der Waals surface area contributed by atoms with Crippen LogP contribution in [0.5, 0.6) is 0 Å². The number of thiophene rings is 1. The summed E-state index contributed by atoms with van der Waals surface area (Å²) in [6, 6.07) is 5.30. The number of benzene rings is 1. The summed E-state index contributed by atoms with van der Waals surface area (Å²) >= 11 is 1.71. The van der Waals surface area contributed by atoms with Crippen LogP contribution in [0.2, 0.25) is 0 Å². The van der Waals surface area contributed by atoms with Crippen LogP contribution in [0, 0.1) is 26.6 Å². The van der Waals surface area contributed by atoms with Gasteiger partial charge in [-0.3, -0.25) is 9.56 Å². The Morgan fingerprint density at radius 2 is 1.96 bits per heavy atom. The molecule has 0 aliphatic carbocycles. The van der Waals surface area contributed by atoms with Gasteiger partial charge >= 0.3 is 0 Å². The molecule has 0 bridgehead atoms. The maximum atomic E-state index is 14.5. The lowest BCUT2D eigenvalue weighted by molar-refractivity contribution is 0.612. The van der Waals surface area contributed by atoms with Gasteiger partial charge in [-0.05, 0) is 51.3 Å². The van der Waals surface area contributed by atoms with Gasteiger partial charge in [0.1, 0.15) is 22.7 Å². The van der Waals surface area contributed by atoms with Crippen molar-refractivity contribution in [3.05, 3.63) is 62.8 Å². The summed E-state index contributed by atoms with van der Waals surface area (Å²) in [4.78, 5) is 6.17. The Kier molecular flexibility index (Phi) is 4.03. The van der Waals surface area contributed by atoms with Gasteiger partial charge < -0.3 is 0 Å². The van der Waals surface area contributed by atoms with Crippen molar-refractivity contribution in [1.29, 1.82) is 0 Å². The molecule has 3 heterocycles. The van der Waals surface area contributed by atoms with Crippen molar-refractivity contribution in [3.63, 3.8) is 0 Å². The molecule has 3 aromatic rings. The Balaban J connectivity index is 2.01. The highest BCUT2D eigenvalue weighted by Gasteiger charge is 2.29. The molecule has 26 heavy (non-hydrogen) atoms. The van der Waals surface area contributed by atoms with Crippen LogP contribution in [0.25, 0.3) is 5.00 Å². The van der Waals surface area contributed by atoms with Gasteiger partial charge in [-0.1, -0.05) is 19.1 Å². The van der Waals surface area contributed by atoms with E-state index in [9.17, 15) is 4.39 Å². The van der Waals surface area contributed by atoms with Crippen molar-refractivity contribution in [2.24, 2.45) is 4.99 Å². The van der Waals surface area contributed by atoms with E-state index in [1.807, 2.05) is 32.9 Å². The Hall–Kier alpha value is -2.34. The molecule has 134 valence electrons. The zero-order chi connectivity index (χ0) is 18.6. The highest BCUT2D eigenvalue weighted by molar-refractivity contribution is 7.15. The number of hydrogen-bond acceptors (Lipinski definition) is 4. The second-order valence-electron chi connectivity index (χ2n) is 6.72. The molecule has 1 aliphatic heterocycles. The van der Waals surface area contributed by atoms with Gasteiger partial charge in [0, 0.05) is 16.0 Å². The molecule has 0 radical (unpaired) electrons. The van der Waals surface area contributed by atoms with Gasteiger partial charge in [0.25, 0.3) is 0 Å². The summed E-state index contributed by atoms with van der Waals surface area (Å²) < 4.78 is 16.6. The van der Waals surface area contributed by atoms with E-state index in [-0.39, 0.29) is 11.9 Å². The largest absolute Gasteiger partial charge is 0.273 e. The zero-order valence-corrected chi connectivity index (χ0v) is 16.4. The van der Waals surface area contributed by atoms with Gasteiger partial charge in [0.05, 0.1) is 5.71 Å². The molecule has 1 atom stereocenters. The average Bonchev–Trinajstić information content (AvgIpc) is 3.09. The lowest BCUT2D eigenvalue weighted by Gasteiger charge is -2.11. The number of hydrogen-bond donors (Lipinski definition) is 0. The van der Waals surface area contributed by atoms with Crippen LogP contribution in [-0.4, -0.2) is 20.5 Å². The first kappa shape index (κ1) is 17.1. The number of halogens is 1. The van der Waals surface area contributed by atoms with E-state index in [0.29, 0.717) is 6.42 Å². The van der Waals surface area contributed by atoms with E-state index in [1.165, 1.54) is 10.4 Å². The third kappa shape index (κ3) is 2.43. The molecular formula is C20H21FN4S. The molecule has 4 nitrogen and oxygen atoms in total. The highest BCUT2D eigenvalue weighted by Crippen LogP contribution is 2.38. The van der Waals surface area contributed by atoms with Crippen LogP contribution in [-0.2, 0) is 6.42 Å². The van der Waals surface area contributed by atoms with E-state index in [2.05, 4.69) is 28.6 Å². The van der Waals surface area contributed by atoms with Crippen molar-refractivity contribution in [2.75, 3.05) is 0 Å². The highest BCUT2D eigenvalue weighted by atomic mass is 32.1. The zero-order valence-electron chi connectivity index (χ0n) is 15.6. The van der Waals surface area contributed by atoms with Crippen LogP contribution in [0.4, 0.5) is 4.39 Å². The third-order valence-electron chi connectivity index (χ3n) is 5.06. The third-order valence-corrected chi connectivity index (χ3v) is 6.25. The fourth-order valence-electron chi connectivity index (χ4n) is 3.46. The first-order valence-electron chi connectivity index (χ1n) is 8.81. The van der Waals surface area contributed by atoms with Crippen LogP contribution >= 0.6 is 11.3 Å². The summed E-state index contributed by atoms with van der Waals surface area (Å²) in [5, 5.41) is 9.67. The summed E-state index contributed by atoms with van der Waals surface area (Å²) in [6.07, 6.45) is 0.678. The Labute approximate surface area is 156 Å². The second kappa shape index (κ2) is 6.13. The monoisotopic (exact) mass is 368 g/mol. The van der Waals surface area contributed by atoms with Gasteiger partial charge in [-0.15, -0.1) is 21.5 Å². The summed E-state index contributed by atoms with van der Waals surface area (Å²) in [5.41, 5.74) is 4.61. The van der Waals surface area contributed by atoms with E-state index < -0.39 is 0 Å². The smallest absolute Gasteiger partial charge is 0.162 e. The number of nitrogens with zero attached hydrogens (tertiary/aromatic N) is 4. The van der Waals surface area contributed by atoms with E-state index in [1.54, 1.807) is 17.4 Å². The SMILES string of the molecule is CCc1ccc(C2=NC(C)c3nnc(C)n3-c3sc(C)c(C)c32)cc1F. The van der Waals surface area contributed by atoms with E-state index >= 15 is 0 Å². The molecule has 0 N–H and O–H groups in total. The average molecular weight is 368 g/mol. The van der Waals surface area contributed by atoms with Crippen molar-refractivity contribution >= 4 is 17.0 Å². The standard InChI is InChI=1S/C20H21FN4S/c1-6-14-7-8-15(9-16(14)21)18-17-10(2)12(4)26-20(17)25-13(5)23-24-19(25)11(3)22-18/h7-9,11H,6H2,1-5H3. The fourth-order valence-corrected chi connectivity index (χ4v) is 4.68. The second-order valence-corrected chi connectivity index (χ2v) is 7.92. The maximum Gasteiger partial charge on any atom is 0.162 e. The minimum atomic E-state index is -0.175. The fraction of sp³-hybridized carbons (Fsp3) is 0.350. The lowest BCUT2D eigenvalue weighted by atomic mass is 9.98. The number of fused-ring (bicyclic) bond motifs is 3. The number of aryl methyl sites for hydroxylation is 3. The maximum absolute atomic E-state index is 14.5. The predicted molar refractivity (Wildman–Crippen MR) is 103 cm³/mol. The Bertz CT molecular complexity index is 1040. The molecule has 2 aromatic heterocycles. The number of aromatic nitrogens is 3. The van der Waals surface area contributed by atoms with Crippen molar-refractivity contribution in [1.82, 2.24) is 14.8 Å². The van der Waals surface area contributed by atoms with E-state index in [0.717, 1.165) is 39.1 Å². The van der Waals surface area contributed by atoms with Gasteiger partial charge in [-0.2, -0.15) is 0 Å². The molecule has 0 saturated heterocycles. The van der Waals surface area contributed by atoms with Crippen molar-refractivity contribution in [3.8, 4) is 5.00 Å². The van der Waals surface area contributed by atoms with Crippen LogP contribution in [0.15, 0.2) is 23.2 Å². The van der Waals surface area contributed by atoms with Gasteiger partial charge in [0.15, 0.2) is 5.82 Å². The van der Waals surface area contributed by atoms with Gasteiger partial charge in [-0.25, -0.2) is 4.39 Å². The Morgan fingerprint density at radius 1 is 1.19 bits per heavy atom. The quantitative estimate of drug-likeness (QED) is 0.648. The Morgan fingerprint density at radius 3 is 2.65 bits per heavy atom. The summed E-state index contributed by atoms with van der Waals surface area (Å²) in [5.74, 6) is 1.50. The first-order valence-corrected chi connectivity index (χ1v) is 9.63. The molecule has 1 unspecified atom stereocenters. The molecule has 1 aliphatic rings. The van der Waals surface area contributed by atoms with Crippen molar-refractivity contribution < 1.29 is 4.39 Å². The molecular weight excluding hydrogens is 347 g/mol. The van der Waals surface area contributed by atoms with Crippen molar-refractivity contribution in [2.45, 2.75) is 47.1 Å². The van der Waals surface area contributed by atoms with Crippen LogP contribution in [0.3, 0.4) is 0 Å². The van der Waals surface area contributed by atoms with E-state index in [4.69, 9.17) is 4.99 Å². The molecule has 1 aromatic carbocycles. The number of rotatable bonds is 2. The predicted octanol–water partition coefficient (Wildman–Crippen LogP) is 4.87.